The molecule has 0 aliphatic rings. The Morgan fingerprint density at radius 3 is 2.68 bits per heavy atom. The lowest BCUT2D eigenvalue weighted by Crippen LogP contribution is -1.99. The molecule has 1 unspecified atom stereocenters. The molecule has 4 heteroatoms. The van der Waals surface area contributed by atoms with Crippen molar-refractivity contribution in [2.24, 2.45) is 0 Å². The average Bonchev–Trinajstić information content (AvgIpc) is 2.42. The van der Waals surface area contributed by atoms with Gasteiger partial charge in [-0.2, -0.15) is 0 Å². The topological polar surface area (TPSA) is 9.23 Å². The zero-order valence-corrected chi connectivity index (χ0v) is 12.7. The summed E-state index contributed by atoms with van der Waals surface area (Å²) in [7, 11) is 1.64. The highest BCUT2D eigenvalue weighted by Crippen LogP contribution is 2.35. The van der Waals surface area contributed by atoms with E-state index in [0.717, 1.165) is 16.9 Å². The van der Waals surface area contributed by atoms with Gasteiger partial charge in [0.05, 0.1) is 12.1 Å². The number of ether oxygens (including phenoxy) is 1. The highest BCUT2D eigenvalue weighted by atomic mass is 79.9. The van der Waals surface area contributed by atoms with Crippen LogP contribution in [0.1, 0.15) is 16.0 Å². The fourth-order valence-corrected chi connectivity index (χ4v) is 3.06. The molecular formula is C15H13BrClFO. The highest BCUT2D eigenvalue weighted by Gasteiger charge is 2.16. The first-order valence-electron chi connectivity index (χ1n) is 5.83. The first-order valence-corrected chi connectivity index (χ1v) is 7.12. The van der Waals surface area contributed by atoms with Crippen molar-refractivity contribution in [3.05, 3.63) is 64.4 Å². The molecule has 1 nitrogen and oxygen atoms in total. The molecule has 2 rings (SSSR count). The first-order chi connectivity index (χ1) is 9.13. The largest absolute Gasteiger partial charge is 0.496 e. The van der Waals surface area contributed by atoms with Gasteiger partial charge in [-0.05, 0) is 29.7 Å². The van der Waals surface area contributed by atoms with Crippen molar-refractivity contribution in [2.75, 3.05) is 7.11 Å². The number of hydrogen-bond donors (Lipinski definition) is 0. The minimum absolute atomic E-state index is 0.0630. The number of hydrogen-bond acceptors (Lipinski definition) is 1. The molecule has 0 amide bonds. The Kier molecular flexibility index (Phi) is 4.83. The van der Waals surface area contributed by atoms with Crippen molar-refractivity contribution in [3.63, 3.8) is 0 Å². The Morgan fingerprint density at radius 2 is 1.95 bits per heavy atom. The Labute approximate surface area is 125 Å². The molecule has 0 bridgehead atoms. The quantitative estimate of drug-likeness (QED) is 0.696. The molecule has 0 aliphatic carbocycles. The van der Waals surface area contributed by atoms with E-state index in [9.17, 15) is 4.39 Å². The molecule has 0 N–H and O–H groups in total. The van der Waals surface area contributed by atoms with Crippen LogP contribution in [0.3, 0.4) is 0 Å². The van der Waals surface area contributed by atoms with Crippen molar-refractivity contribution < 1.29 is 9.13 Å². The van der Waals surface area contributed by atoms with Crippen LogP contribution in [-0.4, -0.2) is 7.11 Å². The van der Waals surface area contributed by atoms with E-state index in [4.69, 9.17) is 16.3 Å². The third kappa shape index (κ3) is 3.28. The van der Waals surface area contributed by atoms with E-state index in [0.29, 0.717) is 6.42 Å². The summed E-state index contributed by atoms with van der Waals surface area (Å²) in [5.74, 6) is 0.420. The molecule has 0 aromatic heterocycles. The summed E-state index contributed by atoms with van der Waals surface area (Å²) >= 11 is 9.56. The minimum Gasteiger partial charge on any atom is -0.496 e. The predicted octanol–water partition coefficient (Wildman–Crippen LogP) is 5.17. The minimum atomic E-state index is -0.399. The van der Waals surface area contributed by atoms with E-state index in [-0.39, 0.29) is 9.85 Å². The van der Waals surface area contributed by atoms with E-state index in [1.54, 1.807) is 13.2 Å². The summed E-state index contributed by atoms with van der Waals surface area (Å²) in [4.78, 5) is -0.0630. The number of halogens is 3. The molecule has 100 valence electrons. The van der Waals surface area contributed by atoms with E-state index < -0.39 is 5.82 Å². The van der Waals surface area contributed by atoms with Gasteiger partial charge in [-0.1, -0.05) is 57.9 Å². The van der Waals surface area contributed by atoms with Crippen LogP contribution in [0.5, 0.6) is 5.75 Å². The van der Waals surface area contributed by atoms with Crippen LogP contribution in [0.4, 0.5) is 4.39 Å². The number of methoxy groups -OCH3 is 1. The number of rotatable bonds is 4. The maximum atomic E-state index is 13.4. The van der Waals surface area contributed by atoms with Gasteiger partial charge in [0.2, 0.25) is 0 Å². The van der Waals surface area contributed by atoms with Crippen molar-refractivity contribution >= 4 is 27.5 Å². The van der Waals surface area contributed by atoms with E-state index in [1.165, 1.54) is 6.07 Å². The molecule has 2 aromatic carbocycles. The molecule has 1 atom stereocenters. The van der Waals surface area contributed by atoms with Gasteiger partial charge in [-0.25, -0.2) is 4.39 Å². The Bertz CT molecular complexity index is 574. The maximum Gasteiger partial charge on any atom is 0.142 e. The van der Waals surface area contributed by atoms with Gasteiger partial charge in [-0.3, -0.25) is 0 Å². The van der Waals surface area contributed by atoms with Gasteiger partial charge in [0, 0.05) is 4.83 Å². The standard InChI is InChI=1S/C15H13BrClFO/c1-19-14-8-3-2-5-10(14)9-12(16)11-6-4-7-13(18)15(11)17/h2-8,12H,9H2,1H3. The summed E-state index contributed by atoms with van der Waals surface area (Å²) in [6.45, 7) is 0. The molecule has 0 spiro atoms. The number of benzene rings is 2. The molecule has 0 fully saturated rings. The third-order valence-corrected chi connectivity index (χ3v) is 4.13. The van der Waals surface area contributed by atoms with Crippen molar-refractivity contribution in [3.8, 4) is 5.75 Å². The maximum absolute atomic E-state index is 13.4. The third-order valence-electron chi connectivity index (χ3n) is 2.91. The second kappa shape index (κ2) is 6.40. The summed E-state index contributed by atoms with van der Waals surface area (Å²) in [5.41, 5.74) is 1.79. The summed E-state index contributed by atoms with van der Waals surface area (Å²) < 4.78 is 18.8. The van der Waals surface area contributed by atoms with Crippen LogP contribution in [0.15, 0.2) is 42.5 Å². The predicted molar refractivity (Wildman–Crippen MR) is 79.8 cm³/mol. The van der Waals surface area contributed by atoms with Gasteiger partial charge in [0.1, 0.15) is 11.6 Å². The number of para-hydroxylation sites is 1. The first kappa shape index (κ1) is 14.4. The molecule has 19 heavy (non-hydrogen) atoms. The van der Waals surface area contributed by atoms with Crippen LogP contribution >= 0.6 is 27.5 Å². The van der Waals surface area contributed by atoms with Gasteiger partial charge < -0.3 is 4.74 Å². The molecular weight excluding hydrogens is 331 g/mol. The van der Waals surface area contributed by atoms with E-state index in [2.05, 4.69) is 15.9 Å². The van der Waals surface area contributed by atoms with Gasteiger partial charge in [0.25, 0.3) is 0 Å². The molecule has 0 saturated heterocycles. The van der Waals surface area contributed by atoms with Crippen molar-refractivity contribution in [1.29, 1.82) is 0 Å². The Hall–Kier alpha value is -1.06. The fourth-order valence-electron chi connectivity index (χ4n) is 1.94. The van der Waals surface area contributed by atoms with Crippen LogP contribution in [-0.2, 0) is 6.42 Å². The summed E-state index contributed by atoms with van der Waals surface area (Å²) in [5, 5.41) is 0.166. The highest BCUT2D eigenvalue weighted by molar-refractivity contribution is 9.09. The average molecular weight is 344 g/mol. The smallest absolute Gasteiger partial charge is 0.142 e. The lowest BCUT2D eigenvalue weighted by atomic mass is 10.0. The molecule has 0 radical (unpaired) electrons. The van der Waals surface area contributed by atoms with E-state index >= 15 is 0 Å². The van der Waals surface area contributed by atoms with Crippen LogP contribution in [0.25, 0.3) is 0 Å². The molecule has 0 aliphatic heterocycles. The monoisotopic (exact) mass is 342 g/mol. The molecule has 2 aromatic rings. The second-order valence-corrected chi connectivity index (χ2v) is 5.61. The Morgan fingerprint density at radius 1 is 1.21 bits per heavy atom. The van der Waals surface area contributed by atoms with Gasteiger partial charge >= 0.3 is 0 Å². The van der Waals surface area contributed by atoms with Crippen LogP contribution < -0.4 is 4.74 Å². The second-order valence-electron chi connectivity index (χ2n) is 4.13. The summed E-state index contributed by atoms with van der Waals surface area (Å²) in [6.07, 6.45) is 0.674. The zero-order chi connectivity index (χ0) is 13.8. The molecule has 0 heterocycles. The van der Waals surface area contributed by atoms with Crippen molar-refractivity contribution in [1.82, 2.24) is 0 Å². The number of alkyl halides is 1. The van der Waals surface area contributed by atoms with E-state index in [1.807, 2.05) is 30.3 Å². The van der Waals surface area contributed by atoms with Crippen LogP contribution in [0.2, 0.25) is 5.02 Å². The lowest BCUT2D eigenvalue weighted by Gasteiger charge is -2.14. The van der Waals surface area contributed by atoms with Crippen LogP contribution in [0, 0.1) is 5.82 Å². The fraction of sp³-hybridized carbons (Fsp3) is 0.200. The van der Waals surface area contributed by atoms with Gasteiger partial charge in [0.15, 0.2) is 0 Å². The Balaban J connectivity index is 2.26. The van der Waals surface area contributed by atoms with Crippen molar-refractivity contribution in [2.45, 2.75) is 11.2 Å². The molecule has 0 saturated carbocycles. The lowest BCUT2D eigenvalue weighted by molar-refractivity contribution is 0.409. The zero-order valence-electron chi connectivity index (χ0n) is 10.4. The summed E-state index contributed by atoms with van der Waals surface area (Å²) in [6, 6.07) is 12.6. The van der Waals surface area contributed by atoms with Gasteiger partial charge in [-0.15, -0.1) is 0 Å². The SMILES string of the molecule is COc1ccccc1CC(Br)c1cccc(F)c1Cl. The normalized spacial score (nSPS) is 12.2.